The van der Waals surface area contributed by atoms with E-state index in [4.69, 9.17) is 12.0 Å². The Morgan fingerprint density at radius 2 is 2.07 bits per heavy atom. The quantitative estimate of drug-likeness (QED) is 0.320. The van der Waals surface area contributed by atoms with Gasteiger partial charge in [0, 0.05) is 22.7 Å². The molecule has 8 nitrogen and oxygen atoms in total. The number of azide groups is 1. The van der Waals surface area contributed by atoms with Crippen LogP contribution in [0.5, 0.6) is 0 Å². The Bertz CT molecular complexity index is 1180. The molecule has 138 valence electrons. The van der Waals surface area contributed by atoms with Gasteiger partial charge in [0.25, 0.3) is 5.56 Å². The number of carbonyl (C=O) groups is 1. The molecule has 28 heavy (non-hydrogen) atoms. The number of hydrogen-bond donors (Lipinski definition) is 1. The number of benzene rings is 2. The van der Waals surface area contributed by atoms with Crippen molar-refractivity contribution in [2.24, 2.45) is 5.11 Å². The fourth-order valence-corrected chi connectivity index (χ4v) is 2.88. The van der Waals surface area contributed by atoms with Crippen molar-refractivity contribution in [2.75, 3.05) is 11.4 Å². The van der Waals surface area contributed by atoms with Gasteiger partial charge in [-0.1, -0.05) is 12.0 Å². The van der Waals surface area contributed by atoms with E-state index in [1.54, 1.807) is 37.3 Å². The summed E-state index contributed by atoms with van der Waals surface area (Å²) in [5.41, 5.74) is 10.8. The molecule has 0 aliphatic carbocycles. The maximum absolute atomic E-state index is 12.2. The molecule has 0 atom stereocenters. The van der Waals surface area contributed by atoms with Gasteiger partial charge < -0.3 is 9.88 Å². The van der Waals surface area contributed by atoms with Crippen molar-refractivity contribution in [1.29, 1.82) is 0 Å². The van der Waals surface area contributed by atoms with Crippen molar-refractivity contribution in [1.82, 2.24) is 9.97 Å². The van der Waals surface area contributed by atoms with E-state index in [2.05, 4.69) is 25.9 Å². The molecule has 0 unspecified atom stereocenters. The van der Waals surface area contributed by atoms with Gasteiger partial charge in [0.05, 0.1) is 17.4 Å². The van der Waals surface area contributed by atoms with Crippen molar-refractivity contribution in [3.8, 4) is 12.3 Å². The number of terminal acetylenes is 1. The molecule has 0 bridgehead atoms. The zero-order chi connectivity index (χ0) is 20.1. The first-order valence-electron chi connectivity index (χ1n) is 8.39. The molecule has 1 aromatic heterocycles. The van der Waals surface area contributed by atoms with Gasteiger partial charge in [0.15, 0.2) is 0 Å². The Morgan fingerprint density at radius 3 is 2.75 bits per heavy atom. The molecular formula is C20H16N6O2. The van der Waals surface area contributed by atoms with Crippen LogP contribution < -0.4 is 10.5 Å². The Balaban J connectivity index is 1.90. The van der Waals surface area contributed by atoms with E-state index >= 15 is 0 Å². The predicted molar refractivity (Wildman–Crippen MR) is 107 cm³/mol. The van der Waals surface area contributed by atoms with Crippen molar-refractivity contribution < 1.29 is 4.79 Å². The lowest BCUT2D eigenvalue weighted by Gasteiger charge is -2.23. The van der Waals surface area contributed by atoms with Crippen molar-refractivity contribution in [3.05, 3.63) is 80.2 Å². The summed E-state index contributed by atoms with van der Waals surface area (Å²) >= 11 is 0. The van der Waals surface area contributed by atoms with Gasteiger partial charge >= 0.3 is 0 Å². The van der Waals surface area contributed by atoms with Crippen LogP contribution in [0.3, 0.4) is 0 Å². The van der Waals surface area contributed by atoms with Crippen LogP contribution in [0.15, 0.2) is 52.4 Å². The number of nitrogens with zero attached hydrogens (tertiary/aromatic N) is 5. The number of aromatic nitrogens is 2. The van der Waals surface area contributed by atoms with Crippen LogP contribution in [-0.2, 0) is 6.54 Å². The van der Waals surface area contributed by atoms with E-state index in [9.17, 15) is 9.59 Å². The van der Waals surface area contributed by atoms with Gasteiger partial charge in [0.2, 0.25) is 5.91 Å². The summed E-state index contributed by atoms with van der Waals surface area (Å²) in [6.45, 7) is 2.54. The summed E-state index contributed by atoms with van der Waals surface area (Å²) in [5.74, 6) is 2.53. The number of aryl methyl sites for hydroxylation is 1. The second kappa shape index (κ2) is 8.08. The normalized spacial score (nSPS) is 10.1. The van der Waals surface area contributed by atoms with E-state index in [-0.39, 0.29) is 5.56 Å². The Kier molecular flexibility index (Phi) is 5.40. The molecule has 3 rings (SSSR count). The second-order valence-corrected chi connectivity index (χ2v) is 6.10. The zero-order valence-corrected chi connectivity index (χ0v) is 15.1. The predicted octanol–water partition coefficient (Wildman–Crippen LogP) is 3.32. The third-order valence-electron chi connectivity index (χ3n) is 4.16. The summed E-state index contributed by atoms with van der Waals surface area (Å²) in [4.78, 5) is 35.2. The molecule has 1 heterocycles. The number of nitrogens with one attached hydrogen (secondary N) is 1. The fraction of sp³-hybridized carbons (Fsp3) is 0.150. The second-order valence-electron chi connectivity index (χ2n) is 6.10. The molecule has 3 aromatic rings. The fourth-order valence-electron chi connectivity index (χ4n) is 2.88. The molecule has 0 fully saturated rings. The SMILES string of the molecule is C#CCN(Cc1ccc2nc(C)[nH]c(=O)c2c1)c1ccc(C(=O)N=[N+]=[N-])cc1. The number of rotatable bonds is 5. The van der Waals surface area contributed by atoms with E-state index in [1.165, 1.54) is 0 Å². The van der Waals surface area contributed by atoms with Gasteiger partial charge in [-0.15, -0.1) is 6.42 Å². The zero-order valence-electron chi connectivity index (χ0n) is 15.1. The first-order valence-corrected chi connectivity index (χ1v) is 8.39. The van der Waals surface area contributed by atoms with Crippen LogP contribution in [0.1, 0.15) is 21.7 Å². The highest BCUT2D eigenvalue weighted by Gasteiger charge is 2.10. The number of fused-ring (bicyclic) bond motifs is 1. The standard InChI is InChI=1S/C20H16N6O2/c1-3-10-26(16-7-5-15(6-8-16)19(27)24-25-21)12-14-4-9-18-17(11-14)20(28)23-13(2)22-18/h1,4-9,11H,10,12H2,2H3,(H,22,23,28). The lowest BCUT2D eigenvalue weighted by atomic mass is 10.1. The Labute approximate surface area is 160 Å². The minimum absolute atomic E-state index is 0.186. The maximum Gasteiger partial charge on any atom is 0.258 e. The van der Waals surface area contributed by atoms with Gasteiger partial charge in [-0.2, -0.15) is 0 Å². The highest BCUT2D eigenvalue weighted by atomic mass is 16.1. The summed E-state index contributed by atoms with van der Waals surface area (Å²) in [7, 11) is 0. The van der Waals surface area contributed by atoms with Crippen LogP contribution in [0.2, 0.25) is 0 Å². The molecule has 2 aromatic carbocycles. The third-order valence-corrected chi connectivity index (χ3v) is 4.16. The summed E-state index contributed by atoms with van der Waals surface area (Å²) < 4.78 is 0. The molecule has 8 heteroatoms. The lowest BCUT2D eigenvalue weighted by molar-refractivity contribution is 0.100. The van der Waals surface area contributed by atoms with E-state index < -0.39 is 5.91 Å². The minimum Gasteiger partial charge on any atom is -0.356 e. The first kappa shape index (κ1) is 18.7. The molecule has 0 radical (unpaired) electrons. The Hall–Kier alpha value is -4.08. The Morgan fingerprint density at radius 1 is 1.32 bits per heavy atom. The van der Waals surface area contributed by atoms with Gasteiger partial charge in [-0.05, 0) is 59.5 Å². The van der Waals surface area contributed by atoms with Crippen molar-refractivity contribution in [2.45, 2.75) is 13.5 Å². The lowest BCUT2D eigenvalue weighted by Crippen LogP contribution is -2.23. The first-order chi connectivity index (χ1) is 13.5. The number of amides is 1. The molecule has 0 aliphatic heterocycles. The van der Waals surface area contributed by atoms with Gasteiger partial charge in [-0.25, -0.2) is 4.98 Å². The average molecular weight is 372 g/mol. The number of H-pyrrole nitrogens is 1. The molecular weight excluding hydrogens is 356 g/mol. The number of hydrogen-bond acceptors (Lipinski definition) is 4. The van der Waals surface area contributed by atoms with Crippen LogP contribution in [-0.4, -0.2) is 22.4 Å². The van der Waals surface area contributed by atoms with E-state index in [0.29, 0.717) is 35.4 Å². The summed E-state index contributed by atoms with van der Waals surface area (Å²) in [6, 6.07) is 12.1. The topological polar surface area (TPSA) is 115 Å². The smallest absolute Gasteiger partial charge is 0.258 e. The van der Waals surface area contributed by atoms with Gasteiger partial charge in [0.1, 0.15) is 5.82 Å². The monoisotopic (exact) mass is 372 g/mol. The molecule has 0 saturated carbocycles. The maximum atomic E-state index is 12.2. The number of carbonyl (C=O) groups excluding carboxylic acids is 1. The minimum atomic E-state index is -0.644. The summed E-state index contributed by atoms with van der Waals surface area (Å²) in [6.07, 6.45) is 5.50. The van der Waals surface area contributed by atoms with E-state index in [1.807, 2.05) is 17.0 Å². The van der Waals surface area contributed by atoms with Crippen LogP contribution in [0.25, 0.3) is 21.3 Å². The van der Waals surface area contributed by atoms with Gasteiger partial charge in [-0.3, -0.25) is 9.59 Å². The third kappa shape index (κ3) is 4.01. The molecule has 1 amide bonds. The van der Waals surface area contributed by atoms with Crippen LogP contribution >= 0.6 is 0 Å². The van der Waals surface area contributed by atoms with Crippen LogP contribution in [0.4, 0.5) is 5.69 Å². The largest absolute Gasteiger partial charge is 0.356 e. The molecule has 1 N–H and O–H groups in total. The average Bonchev–Trinajstić information content (AvgIpc) is 2.68. The number of aromatic amines is 1. The number of anilines is 1. The van der Waals surface area contributed by atoms with Crippen molar-refractivity contribution in [3.63, 3.8) is 0 Å². The highest BCUT2D eigenvalue weighted by molar-refractivity contribution is 5.95. The highest BCUT2D eigenvalue weighted by Crippen LogP contribution is 2.20. The van der Waals surface area contributed by atoms with E-state index in [0.717, 1.165) is 11.3 Å². The molecule has 0 spiro atoms. The van der Waals surface area contributed by atoms with Crippen molar-refractivity contribution >= 4 is 22.5 Å². The summed E-state index contributed by atoms with van der Waals surface area (Å²) in [5, 5.41) is 3.59. The molecule has 0 aliphatic rings. The van der Waals surface area contributed by atoms with Crippen LogP contribution in [0, 0.1) is 19.3 Å². The molecule has 0 saturated heterocycles.